The average molecular weight is 382 g/mol. The Morgan fingerprint density at radius 3 is 2.43 bits per heavy atom. The first-order valence-electron chi connectivity index (χ1n) is 7.91. The summed E-state index contributed by atoms with van der Waals surface area (Å²) in [4.78, 5) is 32.7. The number of aromatic nitrogens is 1. The average Bonchev–Trinajstić information content (AvgIpc) is 2.61. The van der Waals surface area contributed by atoms with Gasteiger partial charge in [0.05, 0.1) is 18.8 Å². The van der Waals surface area contributed by atoms with E-state index >= 15 is 0 Å². The first-order valence-corrected chi connectivity index (χ1v) is 8.71. The smallest absolute Gasteiger partial charge is 0.255 e. The highest BCUT2D eigenvalue weighted by Crippen LogP contribution is 2.22. The van der Waals surface area contributed by atoms with Crippen molar-refractivity contribution in [2.45, 2.75) is 12.8 Å². The highest BCUT2D eigenvalue weighted by Gasteiger charge is 2.31. The van der Waals surface area contributed by atoms with Crippen molar-refractivity contribution in [3.8, 4) is 0 Å². The molecule has 0 aromatic carbocycles. The maximum atomic E-state index is 12.5. The maximum absolute atomic E-state index is 12.5. The van der Waals surface area contributed by atoms with Crippen molar-refractivity contribution in [3.63, 3.8) is 0 Å². The molecule has 1 aromatic heterocycles. The highest BCUT2D eigenvalue weighted by molar-refractivity contribution is 9.10. The fourth-order valence-electron chi connectivity index (χ4n) is 3.08. The van der Waals surface area contributed by atoms with E-state index in [0.717, 1.165) is 17.3 Å². The number of hydrogen-bond acceptors (Lipinski definition) is 4. The van der Waals surface area contributed by atoms with E-state index in [-0.39, 0.29) is 17.7 Å². The fourth-order valence-corrected chi connectivity index (χ4v) is 3.45. The van der Waals surface area contributed by atoms with Gasteiger partial charge in [-0.05, 0) is 34.8 Å². The lowest BCUT2D eigenvalue weighted by molar-refractivity contribution is -0.141. The summed E-state index contributed by atoms with van der Waals surface area (Å²) in [6.45, 7) is 3.85. The molecule has 0 unspecified atom stereocenters. The molecule has 0 saturated carbocycles. The number of piperidine rings is 1. The number of hydrogen-bond donors (Lipinski definition) is 0. The van der Waals surface area contributed by atoms with E-state index in [2.05, 4.69) is 20.9 Å². The predicted octanol–water partition coefficient (Wildman–Crippen LogP) is 1.56. The molecule has 3 rings (SSSR count). The second-order valence-corrected chi connectivity index (χ2v) is 6.81. The van der Waals surface area contributed by atoms with Gasteiger partial charge in [0, 0.05) is 49.0 Å². The summed E-state index contributed by atoms with van der Waals surface area (Å²) in [5, 5.41) is 0. The van der Waals surface area contributed by atoms with Gasteiger partial charge in [-0.3, -0.25) is 14.6 Å². The van der Waals surface area contributed by atoms with Crippen LogP contribution in [0.5, 0.6) is 0 Å². The molecule has 0 radical (unpaired) electrons. The van der Waals surface area contributed by atoms with Crippen molar-refractivity contribution in [1.29, 1.82) is 0 Å². The third-order valence-corrected chi connectivity index (χ3v) is 4.84. The van der Waals surface area contributed by atoms with Crippen molar-refractivity contribution in [1.82, 2.24) is 14.8 Å². The summed E-state index contributed by atoms with van der Waals surface area (Å²) < 4.78 is 6.08. The van der Waals surface area contributed by atoms with Crippen LogP contribution in [0.3, 0.4) is 0 Å². The van der Waals surface area contributed by atoms with Crippen LogP contribution in [-0.2, 0) is 9.53 Å². The Kier molecular flexibility index (Phi) is 5.27. The molecule has 2 amide bonds. The van der Waals surface area contributed by atoms with Gasteiger partial charge in [-0.15, -0.1) is 0 Å². The third-order valence-electron chi connectivity index (χ3n) is 4.41. The van der Waals surface area contributed by atoms with E-state index in [9.17, 15) is 9.59 Å². The van der Waals surface area contributed by atoms with E-state index in [4.69, 9.17) is 4.74 Å². The predicted molar refractivity (Wildman–Crippen MR) is 88.0 cm³/mol. The molecule has 0 N–H and O–H groups in total. The van der Waals surface area contributed by atoms with Crippen LogP contribution in [0.2, 0.25) is 0 Å². The number of carbonyl (C=O) groups excluding carboxylic acids is 2. The van der Waals surface area contributed by atoms with Gasteiger partial charge >= 0.3 is 0 Å². The molecule has 6 nitrogen and oxygen atoms in total. The minimum atomic E-state index is -0.0175. The Balaban J connectivity index is 1.55. The van der Waals surface area contributed by atoms with E-state index in [1.807, 2.05) is 9.80 Å². The molecule has 7 heteroatoms. The molecule has 124 valence electrons. The van der Waals surface area contributed by atoms with Crippen LogP contribution < -0.4 is 0 Å². The van der Waals surface area contributed by atoms with Gasteiger partial charge in [-0.2, -0.15) is 0 Å². The monoisotopic (exact) mass is 381 g/mol. The molecule has 0 bridgehead atoms. The van der Waals surface area contributed by atoms with Crippen molar-refractivity contribution >= 4 is 27.7 Å². The van der Waals surface area contributed by atoms with E-state index in [1.165, 1.54) is 0 Å². The van der Waals surface area contributed by atoms with Gasteiger partial charge in [0.1, 0.15) is 0 Å². The number of morpholine rings is 1. The van der Waals surface area contributed by atoms with Crippen molar-refractivity contribution in [3.05, 3.63) is 28.5 Å². The van der Waals surface area contributed by atoms with E-state index < -0.39 is 0 Å². The molecule has 2 fully saturated rings. The van der Waals surface area contributed by atoms with Gasteiger partial charge < -0.3 is 14.5 Å². The number of likely N-dealkylation sites (tertiary alicyclic amines) is 1. The number of nitrogens with zero attached hydrogens (tertiary/aromatic N) is 3. The quantitative estimate of drug-likeness (QED) is 0.779. The summed E-state index contributed by atoms with van der Waals surface area (Å²) in [7, 11) is 0. The lowest BCUT2D eigenvalue weighted by Crippen LogP contribution is -2.47. The van der Waals surface area contributed by atoms with Crippen LogP contribution in [0.1, 0.15) is 23.2 Å². The highest BCUT2D eigenvalue weighted by atomic mass is 79.9. The van der Waals surface area contributed by atoms with Crippen LogP contribution in [0.15, 0.2) is 22.9 Å². The third kappa shape index (κ3) is 3.90. The zero-order valence-corrected chi connectivity index (χ0v) is 14.5. The zero-order chi connectivity index (χ0) is 16.2. The van der Waals surface area contributed by atoms with Crippen molar-refractivity contribution in [2.75, 3.05) is 39.4 Å². The van der Waals surface area contributed by atoms with E-state index in [1.54, 1.807) is 18.5 Å². The van der Waals surface area contributed by atoms with Gasteiger partial charge in [0.15, 0.2) is 0 Å². The fraction of sp³-hybridized carbons (Fsp3) is 0.562. The summed E-state index contributed by atoms with van der Waals surface area (Å²) >= 11 is 3.33. The molecule has 1 aromatic rings. The minimum absolute atomic E-state index is 0.0175. The number of halogens is 1. The lowest BCUT2D eigenvalue weighted by atomic mass is 9.94. The number of pyridine rings is 1. The largest absolute Gasteiger partial charge is 0.378 e. The SMILES string of the molecule is O=C(c1cncc(Br)c1)N1CCC(C(=O)N2CCOCC2)CC1. The van der Waals surface area contributed by atoms with Crippen LogP contribution in [0.25, 0.3) is 0 Å². The second-order valence-electron chi connectivity index (χ2n) is 5.90. The topological polar surface area (TPSA) is 62.7 Å². The molecule has 0 spiro atoms. The molecule has 0 aliphatic carbocycles. The van der Waals surface area contributed by atoms with Crippen LogP contribution >= 0.6 is 15.9 Å². The summed E-state index contributed by atoms with van der Waals surface area (Å²) in [5.74, 6) is 0.221. The number of carbonyl (C=O) groups is 2. The Labute approximate surface area is 143 Å². The first kappa shape index (κ1) is 16.4. The number of ether oxygens (including phenoxy) is 1. The molecule has 3 heterocycles. The lowest BCUT2D eigenvalue weighted by Gasteiger charge is -2.35. The Morgan fingerprint density at radius 2 is 1.78 bits per heavy atom. The summed E-state index contributed by atoms with van der Waals surface area (Å²) in [6, 6.07) is 1.78. The summed E-state index contributed by atoms with van der Waals surface area (Å²) in [6.07, 6.45) is 4.69. The zero-order valence-electron chi connectivity index (χ0n) is 12.9. The van der Waals surface area contributed by atoms with Gasteiger partial charge in [0.25, 0.3) is 5.91 Å². The molecule has 2 aliphatic rings. The summed E-state index contributed by atoms with van der Waals surface area (Å²) in [5.41, 5.74) is 0.581. The molecular weight excluding hydrogens is 362 g/mol. The molecule has 0 atom stereocenters. The number of amides is 2. The normalized spacial score (nSPS) is 19.7. The standard InChI is InChI=1S/C16H20BrN3O3/c17-14-9-13(10-18-11-14)16(22)19-3-1-12(2-4-19)15(21)20-5-7-23-8-6-20/h9-12H,1-8H2. The molecular formula is C16H20BrN3O3. The second kappa shape index (κ2) is 7.40. The van der Waals surface area contributed by atoms with Crippen LogP contribution in [0.4, 0.5) is 0 Å². The van der Waals surface area contributed by atoms with Crippen molar-refractivity contribution < 1.29 is 14.3 Å². The maximum Gasteiger partial charge on any atom is 0.255 e. The Hall–Kier alpha value is -1.47. The Bertz CT molecular complexity index is 582. The van der Waals surface area contributed by atoms with Crippen LogP contribution in [-0.4, -0.2) is 66.0 Å². The Morgan fingerprint density at radius 1 is 1.09 bits per heavy atom. The van der Waals surface area contributed by atoms with Gasteiger partial charge in [-0.25, -0.2) is 0 Å². The van der Waals surface area contributed by atoms with Crippen LogP contribution in [0, 0.1) is 5.92 Å². The molecule has 23 heavy (non-hydrogen) atoms. The van der Waals surface area contributed by atoms with Crippen molar-refractivity contribution in [2.24, 2.45) is 5.92 Å². The minimum Gasteiger partial charge on any atom is -0.378 e. The van der Waals surface area contributed by atoms with Gasteiger partial charge in [0.2, 0.25) is 5.91 Å². The molecule has 2 saturated heterocycles. The number of rotatable bonds is 2. The van der Waals surface area contributed by atoms with E-state index in [0.29, 0.717) is 45.0 Å². The molecule has 2 aliphatic heterocycles. The van der Waals surface area contributed by atoms with Gasteiger partial charge in [-0.1, -0.05) is 0 Å². The first-order chi connectivity index (χ1) is 11.1.